The molecule has 1 fully saturated rings. The Morgan fingerprint density at radius 1 is 1.30 bits per heavy atom. The molecule has 0 spiro atoms. The minimum Gasteiger partial charge on any atom is -0.329 e. The van der Waals surface area contributed by atoms with E-state index in [0.717, 1.165) is 38.5 Å². The molecule has 110 valence electrons. The predicted octanol–water partition coefficient (Wildman–Crippen LogP) is 3.72. The molecule has 0 saturated heterocycles. The molecule has 0 bridgehead atoms. The standard InChI is InChI=1S/C15H20ClFN2O/c16-11-5-6-12(17)13(9-11)19-14(20)15(10-18)7-3-1-2-4-8-15/h5-6,9H,1-4,7-8,10,18H2,(H,19,20). The molecule has 1 aromatic carbocycles. The van der Waals surface area contributed by atoms with Crippen molar-refractivity contribution in [3.05, 3.63) is 29.0 Å². The van der Waals surface area contributed by atoms with Crippen molar-refractivity contribution in [3.8, 4) is 0 Å². The molecule has 3 nitrogen and oxygen atoms in total. The first-order valence-electron chi connectivity index (χ1n) is 7.04. The maximum Gasteiger partial charge on any atom is 0.231 e. The van der Waals surface area contributed by atoms with Gasteiger partial charge < -0.3 is 11.1 Å². The van der Waals surface area contributed by atoms with Gasteiger partial charge in [-0.1, -0.05) is 37.3 Å². The molecule has 1 saturated carbocycles. The summed E-state index contributed by atoms with van der Waals surface area (Å²) in [5, 5.41) is 3.05. The molecule has 3 N–H and O–H groups in total. The van der Waals surface area contributed by atoms with Crippen LogP contribution in [0.4, 0.5) is 10.1 Å². The number of rotatable bonds is 3. The van der Waals surface area contributed by atoms with Gasteiger partial charge in [-0.2, -0.15) is 0 Å². The normalized spacial score (nSPS) is 18.4. The van der Waals surface area contributed by atoms with Crippen LogP contribution >= 0.6 is 11.6 Å². The summed E-state index contributed by atoms with van der Waals surface area (Å²) in [4.78, 5) is 12.5. The largest absolute Gasteiger partial charge is 0.329 e. The van der Waals surface area contributed by atoms with Crippen LogP contribution in [0.5, 0.6) is 0 Å². The van der Waals surface area contributed by atoms with E-state index in [2.05, 4.69) is 5.32 Å². The Bertz CT molecular complexity index is 485. The summed E-state index contributed by atoms with van der Waals surface area (Å²) in [5.41, 5.74) is 5.40. The van der Waals surface area contributed by atoms with Crippen LogP contribution < -0.4 is 11.1 Å². The van der Waals surface area contributed by atoms with Gasteiger partial charge in [0.2, 0.25) is 5.91 Å². The van der Waals surface area contributed by atoms with Gasteiger partial charge in [0.05, 0.1) is 11.1 Å². The molecule has 20 heavy (non-hydrogen) atoms. The van der Waals surface area contributed by atoms with Crippen LogP contribution in [-0.4, -0.2) is 12.5 Å². The number of hydrogen-bond donors (Lipinski definition) is 2. The molecule has 1 amide bonds. The smallest absolute Gasteiger partial charge is 0.231 e. The van der Waals surface area contributed by atoms with Crippen molar-refractivity contribution in [3.63, 3.8) is 0 Å². The summed E-state index contributed by atoms with van der Waals surface area (Å²) in [6.45, 7) is 0.293. The van der Waals surface area contributed by atoms with Crippen molar-refractivity contribution in [1.82, 2.24) is 0 Å². The Morgan fingerprint density at radius 2 is 1.95 bits per heavy atom. The molecule has 0 unspecified atom stereocenters. The third-order valence-corrected chi connectivity index (χ3v) is 4.34. The Hall–Kier alpha value is -1.13. The van der Waals surface area contributed by atoms with Crippen molar-refractivity contribution in [2.75, 3.05) is 11.9 Å². The number of amides is 1. The van der Waals surface area contributed by atoms with Gasteiger partial charge in [-0.3, -0.25) is 4.79 Å². The first-order chi connectivity index (χ1) is 9.57. The van der Waals surface area contributed by atoms with Crippen molar-refractivity contribution < 1.29 is 9.18 Å². The van der Waals surface area contributed by atoms with Crippen LogP contribution in [0, 0.1) is 11.2 Å². The summed E-state index contributed by atoms with van der Waals surface area (Å²) < 4.78 is 13.7. The molecule has 0 heterocycles. The second-order valence-corrected chi connectivity index (χ2v) is 5.91. The highest BCUT2D eigenvalue weighted by Gasteiger charge is 2.37. The Morgan fingerprint density at radius 3 is 2.55 bits per heavy atom. The van der Waals surface area contributed by atoms with Crippen molar-refractivity contribution >= 4 is 23.2 Å². The molecule has 1 aliphatic rings. The van der Waals surface area contributed by atoms with E-state index in [-0.39, 0.29) is 11.6 Å². The average Bonchev–Trinajstić information content (AvgIpc) is 2.69. The van der Waals surface area contributed by atoms with Gasteiger partial charge >= 0.3 is 0 Å². The summed E-state index contributed by atoms with van der Waals surface area (Å²) in [5.74, 6) is -0.674. The van der Waals surface area contributed by atoms with Gasteiger partial charge in [0, 0.05) is 11.6 Å². The summed E-state index contributed by atoms with van der Waals surface area (Å²) >= 11 is 5.84. The van der Waals surface area contributed by atoms with Crippen molar-refractivity contribution in [2.45, 2.75) is 38.5 Å². The summed E-state index contributed by atoms with van der Waals surface area (Å²) in [6, 6.07) is 4.13. The molecule has 5 heteroatoms. The van der Waals surface area contributed by atoms with E-state index in [1.807, 2.05) is 0 Å². The highest BCUT2D eigenvalue weighted by atomic mass is 35.5. The molecular formula is C15H20ClFN2O. The summed E-state index contributed by atoms with van der Waals surface area (Å²) in [7, 11) is 0. The quantitative estimate of drug-likeness (QED) is 0.836. The van der Waals surface area contributed by atoms with Crippen LogP contribution in [0.25, 0.3) is 0 Å². The van der Waals surface area contributed by atoms with E-state index in [1.165, 1.54) is 18.2 Å². The monoisotopic (exact) mass is 298 g/mol. The first kappa shape index (κ1) is 15.3. The Labute approximate surface area is 123 Å². The molecule has 1 aliphatic carbocycles. The second-order valence-electron chi connectivity index (χ2n) is 5.48. The van der Waals surface area contributed by atoms with Gasteiger partial charge in [0.15, 0.2) is 0 Å². The average molecular weight is 299 g/mol. The lowest BCUT2D eigenvalue weighted by Gasteiger charge is -2.29. The predicted molar refractivity (Wildman–Crippen MR) is 79.2 cm³/mol. The van der Waals surface area contributed by atoms with Crippen LogP contribution in [0.2, 0.25) is 5.02 Å². The van der Waals surface area contributed by atoms with Gasteiger partial charge in [-0.25, -0.2) is 4.39 Å². The van der Waals surface area contributed by atoms with E-state index < -0.39 is 11.2 Å². The molecule has 1 aromatic rings. The minimum atomic E-state index is -0.578. The number of benzene rings is 1. The highest BCUT2D eigenvalue weighted by molar-refractivity contribution is 6.30. The van der Waals surface area contributed by atoms with Gasteiger partial charge in [-0.15, -0.1) is 0 Å². The summed E-state index contributed by atoms with van der Waals surface area (Å²) in [6.07, 6.45) is 5.75. The zero-order chi connectivity index (χ0) is 14.6. The van der Waals surface area contributed by atoms with Crippen LogP contribution in [0.3, 0.4) is 0 Å². The SMILES string of the molecule is NCC1(C(=O)Nc2cc(Cl)ccc2F)CCCCCC1. The number of nitrogens with two attached hydrogens (primary N) is 1. The van der Waals surface area contributed by atoms with Gasteiger partial charge in [0.1, 0.15) is 5.82 Å². The lowest BCUT2D eigenvalue weighted by molar-refractivity contribution is -0.125. The van der Waals surface area contributed by atoms with Gasteiger partial charge in [0.25, 0.3) is 0 Å². The molecule has 0 radical (unpaired) electrons. The number of hydrogen-bond acceptors (Lipinski definition) is 2. The third-order valence-electron chi connectivity index (χ3n) is 4.11. The van der Waals surface area contributed by atoms with E-state index in [9.17, 15) is 9.18 Å². The third kappa shape index (κ3) is 3.30. The highest BCUT2D eigenvalue weighted by Crippen LogP contribution is 2.35. The van der Waals surface area contributed by atoms with Crippen molar-refractivity contribution in [1.29, 1.82) is 0 Å². The van der Waals surface area contributed by atoms with E-state index >= 15 is 0 Å². The van der Waals surface area contributed by atoms with Crippen LogP contribution in [-0.2, 0) is 4.79 Å². The number of halogens is 2. The Kier molecular flexibility index (Phi) is 5.00. The fraction of sp³-hybridized carbons (Fsp3) is 0.533. The number of anilines is 1. The molecule has 2 rings (SSSR count). The fourth-order valence-electron chi connectivity index (χ4n) is 2.78. The Balaban J connectivity index is 2.18. The number of carbonyl (C=O) groups is 1. The second kappa shape index (κ2) is 6.55. The zero-order valence-electron chi connectivity index (χ0n) is 11.4. The number of carbonyl (C=O) groups excluding carboxylic acids is 1. The minimum absolute atomic E-state index is 0.125. The molecule has 0 atom stereocenters. The lowest BCUT2D eigenvalue weighted by atomic mass is 9.79. The van der Waals surface area contributed by atoms with E-state index in [0.29, 0.717) is 11.6 Å². The fourth-order valence-corrected chi connectivity index (χ4v) is 2.95. The topological polar surface area (TPSA) is 55.1 Å². The van der Waals surface area contributed by atoms with Gasteiger partial charge in [-0.05, 0) is 31.0 Å². The van der Waals surface area contributed by atoms with Crippen LogP contribution in [0.1, 0.15) is 38.5 Å². The number of nitrogens with one attached hydrogen (secondary N) is 1. The molecule has 0 aromatic heterocycles. The van der Waals surface area contributed by atoms with E-state index in [1.54, 1.807) is 0 Å². The molecule has 0 aliphatic heterocycles. The zero-order valence-corrected chi connectivity index (χ0v) is 12.2. The maximum atomic E-state index is 13.7. The molecular weight excluding hydrogens is 279 g/mol. The lowest BCUT2D eigenvalue weighted by Crippen LogP contribution is -2.42. The maximum absolute atomic E-state index is 13.7. The van der Waals surface area contributed by atoms with Crippen LogP contribution in [0.15, 0.2) is 18.2 Å². The van der Waals surface area contributed by atoms with E-state index in [4.69, 9.17) is 17.3 Å². The first-order valence-corrected chi connectivity index (χ1v) is 7.42. The van der Waals surface area contributed by atoms with Crippen molar-refractivity contribution in [2.24, 2.45) is 11.1 Å².